The Morgan fingerprint density at radius 2 is 1.84 bits per heavy atom. The van der Waals surface area contributed by atoms with Crippen LogP contribution in [0.1, 0.15) is 40.5 Å². The number of carbonyl (C=O) groups excluding carboxylic acids is 1. The third-order valence-corrected chi connectivity index (χ3v) is 4.51. The molecule has 0 spiro atoms. The van der Waals surface area contributed by atoms with Crippen molar-refractivity contribution < 1.29 is 4.79 Å². The number of carbonyl (C=O) groups is 1. The summed E-state index contributed by atoms with van der Waals surface area (Å²) in [5, 5.41) is 0.873. The van der Waals surface area contributed by atoms with Crippen molar-refractivity contribution in [2.45, 2.75) is 25.7 Å². The van der Waals surface area contributed by atoms with Gasteiger partial charge in [-0.3, -0.25) is 4.79 Å². The molecular weight excluding hydrogens is 312 g/mol. The Morgan fingerprint density at radius 1 is 1.12 bits per heavy atom. The number of rotatable bonds is 3. The lowest BCUT2D eigenvalue weighted by atomic mass is 10.0. The van der Waals surface area contributed by atoms with Gasteiger partial charge in [0.1, 0.15) is 5.82 Å². The van der Waals surface area contributed by atoms with E-state index in [1.54, 1.807) is 19.0 Å². The van der Waals surface area contributed by atoms with Crippen LogP contribution in [-0.2, 0) is 0 Å². The van der Waals surface area contributed by atoms with Crippen molar-refractivity contribution in [3.05, 3.63) is 53.6 Å². The van der Waals surface area contributed by atoms with Gasteiger partial charge in [0, 0.05) is 43.4 Å². The molecule has 1 aliphatic rings. The minimum absolute atomic E-state index is 0.0326. The summed E-state index contributed by atoms with van der Waals surface area (Å²) in [6.45, 7) is 2.02. The number of amides is 1. The maximum Gasteiger partial charge on any atom is 0.254 e. The van der Waals surface area contributed by atoms with Crippen LogP contribution in [0.5, 0.6) is 0 Å². The Balaban J connectivity index is 1.86. The lowest BCUT2D eigenvalue weighted by molar-refractivity contribution is 0.0829. The number of hydrogen-bond acceptors (Lipinski definition) is 4. The summed E-state index contributed by atoms with van der Waals surface area (Å²) in [6, 6.07) is 7.82. The molecule has 2 heterocycles. The zero-order valence-electron chi connectivity index (χ0n) is 14.7. The van der Waals surface area contributed by atoms with Crippen molar-refractivity contribution in [3.63, 3.8) is 0 Å². The molecule has 2 aromatic heterocycles. The third kappa shape index (κ3) is 2.97. The predicted molar refractivity (Wildman–Crippen MR) is 97.5 cm³/mol. The number of benzene rings is 1. The van der Waals surface area contributed by atoms with E-state index in [2.05, 4.69) is 9.97 Å². The van der Waals surface area contributed by atoms with Crippen LogP contribution in [0.2, 0.25) is 0 Å². The first kappa shape index (κ1) is 15.7. The van der Waals surface area contributed by atoms with Gasteiger partial charge < -0.3 is 4.90 Å². The van der Waals surface area contributed by atoms with Crippen LogP contribution < -0.4 is 0 Å². The highest BCUT2D eigenvalue weighted by molar-refractivity contribution is 6.07. The molecule has 1 fully saturated rings. The van der Waals surface area contributed by atoms with E-state index in [1.165, 1.54) is 12.8 Å². The highest BCUT2D eigenvalue weighted by Crippen LogP contribution is 2.38. The zero-order valence-corrected chi connectivity index (χ0v) is 14.7. The second-order valence-electron chi connectivity index (χ2n) is 6.88. The zero-order chi connectivity index (χ0) is 17.6. The van der Waals surface area contributed by atoms with Gasteiger partial charge in [-0.2, -0.15) is 0 Å². The van der Waals surface area contributed by atoms with Crippen LogP contribution in [-0.4, -0.2) is 39.9 Å². The van der Waals surface area contributed by atoms with Crippen LogP contribution in [0.25, 0.3) is 22.2 Å². The maximum atomic E-state index is 12.7. The molecule has 0 unspecified atom stereocenters. The van der Waals surface area contributed by atoms with Crippen LogP contribution in [0.15, 0.2) is 36.7 Å². The molecule has 0 radical (unpaired) electrons. The second-order valence-corrected chi connectivity index (χ2v) is 6.88. The molecule has 5 nitrogen and oxygen atoms in total. The van der Waals surface area contributed by atoms with E-state index < -0.39 is 0 Å². The van der Waals surface area contributed by atoms with Gasteiger partial charge >= 0.3 is 0 Å². The van der Waals surface area contributed by atoms with Crippen molar-refractivity contribution in [1.29, 1.82) is 0 Å². The summed E-state index contributed by atoms with van der Waals surface area (Å²) in [6.07, 6.45) is 5.97. The summed E-state index contributed by atoms with van der Waals surface area (Å²) >= 11 is 0. The fraction of sp³-hybridized carbons (Fsp3) is 0.300. The molecule has 126 valence electrons. The van der Waals surface area contributed by atoms with Crippen molar-refractivity contribution in [2.24, 2.45) is 0 Å². The topological polar surface area (TPSA) is 59.0 Å². The van der Waals surface area contributed by atoms with Crippen molar-refractivity contribution in [2.75, 3.05) is 14.1 Å². The fourth-order valence-corrected chi connectivity index (χ4v) is 2.93. The Morgan fingerprint density at radius 3 is 2.48 bits per heavy atom. The molecule has 1 aliphatic carbocycles. The lowest BCUT2D eigenvalue weighted by Gasteiger charge is -2.14. The number of hydrogen-bond donors (Lipinski definition) is 0. The van der Waals surface area contributed by atoms with Crippen LogP contribution >= 0.6 is 0 Å². The van der Waals surface area contributed by atoms with Crippen LogP contribution in [0.3, 0.4) is 0 Å². The van der Waals surface area contributed by atoms with E-state index in [4.69, 9.17) is 4.98 Å². The number of nitrogens with zero attached hydrogens (tertiary/aromatic N) is 4. The van der Waals surface area contributed by atoms with Crippen molar-refractivity contribution >= 4 is 16.8 Å². The molecule has 1 aromatic carbocycles. The second kappa shape index (κ2) is 5.92. The SMILES string of the molecule is Cc1ccc2nc(-c3cnc(C4CC4)nc3)cc(C(=O)N(C)C)c2c1. The van der Waals surface area contributed by atoms with Crippen molar-refractivity contribution in [3.8, 4) is 11.3 Å². The molecule has 4 rings (SSSR count). The Bertz CT molecular complexity index is 959. The smallest absolute Gasteiger partial charge is 0.254 e. The highest BCUT2D eigenvalue weighted by Gasteiger charge is 2.26. The molecule has 0 N–H and O–H groups in total. The standard InChI is InChI=1S/C20H20N4O/c1-12-4-7-17-15(8-12)16(20(25)24(2)3)9-18(23-17)14-10-21-19(22-11-14)13-5-6-13/h4,7-11,13H,5-6H2,1-3H3. The minimum Gasteiger partial charge on any atom is -0.345 e. The summed E-state index contributed by atoms with van der Waals surface area (Å²) in [4.78, 5) is 27.9. The molecule has 5 heteroatoms. The van der Waals surface area contributed by atoms with Crippen LogP contribution in [0, 0.1) is 6.92 Å². The average Bonchev–Trinajstić information content (AvgIpc) is 3.45. The molecule has 0 atom stereocenters. The fourth-order valence-electron chi connectivity index (χ4n) is 2.93. The number of pyridine rings is 1. The van der Waals surface area contributed by atoms with Crippen molar-refractivity contribution in [1.82, 2.24) is 19.9 Å². The monoisotopic (exact) mass is 332 g/mol. The molecule has 0 bridgehead atoms. The highest BCUT2D eigenvalue weighted by atomic mass is 16.2. The summed E-state index contributed by atoms with van der Waals surface area (Å²) in [5.41, 5.74) is 4.12. The quantitative estimate of drug-likeness (QED) is 0.735. The number of fused-ring (bicyclic) bond motifs is 1. The van der Waals surface area contributed by atoms with Gasteiger partial charge in [-0.05, 0) is 38.0 Å². The summed E-state index contributed by atoms with van der Waals surface area (Å²) < 4.78 is 0. The van der Waals surface area contributed by atoms with Gasteiger partial charge in [0.05, 0.1) is 16.8 Å². The van der Waals surface area contributed by atoms with Gasteiger partial charge in [0.25, 0.3) is 5.91 Å². The number of aryl methyl sites for hydroxylation is 1. The molecule has 0 saturated heterocycles. The molecule has 3 aromatic rings. The lowest BCUT2D eigenvalue weighted by Crippen LogP contribution is -2.22. The van der Waals surface area contributed by atoms with Gasteiger partial charge in [-0.25, -0.2) is 15.0 Å². The minimum atomic E-state index is -0.0326. The Kier molecular flexibility index (Phi) is 3.71. The van der Waals surface area contributed by atoms with E-state index in [-0.39, 0.29) is 5.91 Å². The molecule has 1 amide bonds. The predicted octanol–water partition coefficient (Wildman–Crippen LogP) is 3.58. The largest absolute Gasteiger partial charge is 0.345 e. The Labute approximate surface area is 146 Å². The van der Waals surface area contributed by atoms with E-state index in [1.807, 2.05) is 43.6 Å². The molecule has 1 saturated carbocycles. The average molecular weight is 332 g/mol. The number of aromatic nitrogens is 3. The molecule has 25 heavy (non-hydrogen) atoms. The van der Waals surface area contributed by atoms with Gasteiger partial charge in [-0.1, -0.05) is 11.6 Å². The maximum absolute atomic E-state index is 12.7. The van der Waals surface area contributed by atoms with Gasteiger partial charge in [0.15, 0.2) is 0 Å². The van der Waals surface area contributed by atoms with Crippen LogP contribution in [0.4, 0.5) is 0 Å². The van der Waals surface area contributed by atoms with E-state index in [9.17, 15) is 4.79 Å². The molecular formula is C20H20N4O. The first-order valence-corrected chi connectivity index (χ1v) is 8.48. The van der Waals surface area contributed by atoms with Gasteiger partial charge in [-0.15, -0.1) is 0 Å². The first-order valence-electron chi connectivity index (χ1n) is 8.48. The van der Waals surface area contributed by atoms with E-state index in [0.717, 1.165) is 33.5 Å². The normalized spacial score (nSPS) is 13.9. The first-order chi connectivity index (χ1) is 12.0. The summed E-state index contributed by atoms with van der Waals surface area (Å²) in [5.74, 6) is 1.40. The van der Waals surface area contributed by atoms with E-state index >= 15 is 0 Å². The van der Waals surface area contributed by atoms with Gasteiger partial charge in [0.2, 0.25) is 0 Å². The van der Waals surface area contributed by atoms with E-state index in [0.29, 0.717) is 11.5 Å². The Hall–Kier alpha value is -2.82. The summed E-state index contributed by atoms with van der Waals surface area (Å²) in [7, 11) is 3.52. The third-order valence-electron chi connectivity index (χ3n) is 4.51. The molecule has 0 aliphatic heterocycles.